The van der Waals surface area contributed by atoms with Crippen LogP contribution in [0.2, 0.25) is 0 Å². The molecule has 1 aliphatic heterocycles. The highest BCUT2D eigenvalue weighted by Gasteiger charge is 2.28. The maximum absolute atomic E-state index is 13.4. The quantitative estimate of drug-likeness (QED) is 0.782. The van der Waals surface area contributed by atoms with E-state index in [1.807, 2.05) is 0 Å². The molecule has 8 heteroatoms. The Morgan fingerprint density at radius 2 is 2.05 bits per heavy atom. The van der Waals surface area contributed by atoms with Gasteiger partial charge in [-0.15, -0.1) is 0 Å². The molecule has 1 aromatic rings. The summed E-state index contributed by atoms with van der Waals surface area (Å²) in [4.78, 5) is 11.8. The molecule has 0 aromatic heterocycles. The monoisotopic (exact) mass is 316 g/mol. The van der Waals surface area contributed by atoms with Crippen LogP contribution in [0.5, 0.6) is 0 Å². The van der Waals surface area contributed by atoms with E-state index >= 15 is 0 Å². The van der Waals surface area contributed by atoms with Crippen LogP contribution in [0, 0.1) is 5.82 Å². The minimum atomic E-state index is -3.02. The zero-order chi connectivity index (χ0) is 14.8. The molecule has 108 valence electrons. The van der Waals surface area contributed by atoms with Crippen LogP contribution in [0.15, 0.2) is 24.3 Å². The number of amides is 1. The van der Waals surface area contributed by atoms with Gasteiger partial charge < -0.3 is 5.32 Å². The van der Waals surface area contributed by atoms with Gasteiger partial charge in [-0.05, 0) is 30.8 Å². The Bertz CT molecular complexity index is 646. The fraction of sp³-hybridized carbons (Fsp3) is 0.333. The maximum atomic E-state index is 13.4. The topological polar surface area (TPSA) is 75.3 Å². The summed E-state index contributed by atoms with van der Waals surface area (Å²) in [5.41, 5.74) is -0.115. The lowest BCUT2D eigenvalue weighted by atomic mass is 10.2. The number of thiocarbonyl (C=S) groups is 1. The lowest BCUT2D eigenvalue weighted by Crippen LogP contribution is -2.45. The second-order valence-electron chi connectivity index (χ2n) is 4.51. The zero-order valence-corrected chi connectivity index (χ0v) is 12.1. The van der Waals surface area contributed by atoms with Gasteiger partial charge in [-0.1, -0.05) is 12.1 Å². The first-order valence-corrected chi connectivity index (χ1v) is 8.17. The Labute approximate surface area is 121 Å². The van der Waals surface area contributed by atoms with E-state index < -0.39 is 21.6 Å². The van der Waals surface area contributed by atoms with Crippen molar-refractivity contribution in [1.29, 1.82) is 0 Å². The van der Waals surface area contributed by atoms with Crippen LogP contribution in [-0.2, 0) is 9.84 Å². The van der Waals surface area contributed by atoms with Crippen molar-refractivity contribution in [2.45, 2.75) is 12.5 Å². The summed E-state index contributed by atoms with van der Waals surface area (Å²) >= 11 is 4.92. The number of hydrogen-bond acceptors (Lipinski definition) is 4. The SMILES string of the molecule is O=C(NC(=S)N[C@H]1CCS(=O)(=O)C1)c1ccccc1F. The van der Waals surface area contributed by atoms with Crippen LogP contribution in [-0.4, -0.2) is 37.0 Å². The van der Waals surface area contributed by atoms with E-state index in [0.29, 0.717) is 6.42 Å². The van der Waals surface area contributed by atoms with Crippen molar-refractivity contribution in [3.05, 3.63) is 35.6 Å². The summed E-state index contributed by atoms with van der Waals surface area (Å²) in [6.07, 6.45) is 0.443. The van der Waals surface area contributed by atoms with Crippen molar-refractivity contribution in [1.82, 2.24) is 10.6 Å². The standard InChI is InChI=1S/C12H13FN2O3S2/c13-10-4-2-1-3-9(10)11(16)15-12(19)14-8-5-6-20(17,18)7-8/h1-4,8H,5-7H2,(H2,14,15,16,19)/t8-/m0/s1. The highest BCUT2D eigenvalue weighted by molar-refractivity contribution is 7.91. The normalized spacial score (nSPS) is 20.4. The van der Waals surface area contributed by atoms with Gasteiger partial charge in [0.2, 0.25) is 0 Å². The number of rotatable bonds is 2. The second-order valence-corrected chi connectivity index (χ2v) is 7.14. The van der Waals surface area contributed by atoms with Gasteiger partial charge in [-0.3, -0.25) is 10.1 Å². The molecular formula is C12H13FN2O3S2. The molecule has 1 aliphatic rings. The Morgan fingerprint density at radius 1 is 1.35 bits per heavy atom. The first kappa shape index (κ1) is 14.9. The van der Waals surface area contributed by atoms with Gasteiger partial charge in [0.05, 0.1) is 17.1 Å². The van der Waals surface area contributed by atoms with Crippen LogP contribution >= 0.6 is 12.2 Å². The first-order valence-electron chi connectivity index (χ1n) is 5.94. The lowest BCUT2D eigenvalue weighted by molar-refractivity contribution is 0.0972. The van der Waals surface area contributed by atoms with Gasteiger partial charge >= 0.3 is 0 Å². The average molecular weight is 316 g/mol. The molecule has 5 nitrogen and oxygen atoms in total. The van der Waals surface area contributed by atoms with Gasteiger partial charge in [-0.25, -0.2) is 12.8 Å². The van der Waals surface area contributed by atoms with Crippen LogP contribution in [0.3, 0.4) is 0 Å². The van der Waals surface area contributed by atoms with Crippen molar-refractivity contribution in [2.75, 3.05) is 11.5 Å². The highest BCUT2D eigenvalue weighted by atomic mass is 32.2. The van der Waals surface area contributed by atoms with Gasteiger partial charge in [0, 0.05) is 6.04 Å². The Balaban J connectivity index is 1.92. The minimum Gasteiger partial charge on any atom is -0.359 e. The predicted octanol–water partition coefficient (Wildman–Crippen LogP) is 0.617. The predicted molar refractivity (Wildman–Crippen MR) is 76.7 cm³/mol. The van der Waals surface area contributed by atoms with E-state index in [2.05, 4.69) is 10.6 Å². The third kappa shape index (κ3) is 3.73. The summed E-state index contributed by atoms with van der Waals surface area (Å²) in [7, 11) is -3.02. The molecule has 1 fully saturated rings. The van der Waals surface area contributed by atoms with Crippen LogP contribution in [0.25, 0.3) is 0 Å². The molecule has 0 spiro atoms. The molecule has 0 radical (unpaired) electrons. The van der Waals surface area contributed by atoms with Crippen LogP contribution in [0.4, 0.5) is 4.39 Å². The number of sulfone groups is 1. The van der Waals surface area contributed by atoms with E-state index in [1.54, 1.807) is 0 Å². The molecule has 20 heavy (non-hydrogen) atoms. The molecule has 2 rings (SSSR count). The van der Waals surface area contributed by atoms with Crippen molar-refractivity contribution in [3.63, 3.8) is 0 Å². The molecule has 0 bridgehead atoms. The van der Waals surface area contributed by atoms with Gasteiger partial charge in [0.1, 0.15) is 5.82 Å². The van der Waals surface area contributed by atoms with Crippen molar-refractivity contribution in [2.24, 2.45) is 0 Å². The molecule has 0 aliphatic carbocycles. The van der Waals surface area contributed by atoms with E-state index in [9.17, 15) is 17.6 Å². The number of halogens is 1. The largest absolute Gasteiger partial charge is 0.359 e. The van der Waals surface area contributed by atoms with Gasteiger partial charge in [-0.2, -0.15) is 0 Å². The summed E-state index contributed by atoms with van der Waals surface area (Å²) < 4.78 is 36.0. The average Bonchev–Trinajstić information content (AvgIpc) is 2.68. The molecule has 0 saturated carbocycles. The Morgan fingerprint density at radius 3 is 2.65 bits per heavy atom. The molecule has 0 unspecified atom stereocenters. The molecule has 1 saturated heterocycles. The molecule has 1 atom stereocenters. The Kier molecular flexibility index (Phi) is 4.34. The van der Waals surface area contributed by atoms with E-state index in [1.165, 1.54) is 24.3 Å². The third-order valence-electron chi connectivity index (χ3n) is 2.91. The Hall–Kier alpha value is -1.54. The molecule has 1 aromatic carbocycles. The fourth-order valence-electron chi connectivity index (χ4n) is 1.95. The van der Waals surface area contributed by atoms with Crippen molar-refractivity contribution < 1.29 is 17.6 Å². The van der Waals surface area contributed by atoms with E-state index in [0.717, 1.165) is 0 Å². The first-order chi connectivity index (χ1) is 9.37. The van der Waals surface area contributed by atoms with Crippen LogP contribution < -0.4 is 10.6 Å². The number of carbonyl (C=O) groups excluding carboxylic acids is 1. The van der Waals surface area contributed by atoms with Crippen LogP contribution in [0.1, 0.15) is 16.8 Å². The fourth-order valence-corrected chi connectivity index (χ4v) is 3.88. The van der Waals surface area contributed by atoms with Gasteiger partial charge in [0.15, 0.2) is 14.9 Å². The highest BCUT2D eigenvalue weighted by Crippen LogP contribution is 2.11. The smallest absolute Gasteiger partial charge is 0.260 e. The summed E-state index contributed by atoms with van der Waals surface area (Å²) in [5, 5.41) is 5.09. The molecule has 2 N–H and O–H groups in total. The minimum absolute atomic E-state index is 0.000327. The molecular weight excluding hydrogens is 303 g/mol. The number of nitrogens with one attached hydrogen (secondary N) is 2. The number of hydrogen-bond donors (Lipinski definition) is 2. The zero-order valence-electron chi connectivity index (χ0n) is 10.4. The van der Waals surface area contributed by atoms with E-state index in [-0.39, 0.29) is 28.2 Å². The lowest BCUT2D eigenvalue weighted by Gasteiger charge is -2.14. The molecule has 1 amide bonds. The van der Waals surface area contributed by atoms with Crippen molar-refractivity contribution in [3.8, 4) is 0 Å². The van der Waals surface area contributed by atoms with Crippen molar-refractivity contribution >= 4 is 33.1 Å². The maximum Gasteiger partial charge on any atom is 0.260 e. The van der Waals surface area contributed by atoms with Gasteiger partial charge in [0.25, 0.3) is 5.91 Å². The summed E-state index contributed by atoms with van der Waals surface area (Å²) in [6, 6.07) is 5.22. The number of carbonyl (C=O) groups is 1. The summed E-state index contributed by atoms with van der Waals surface area (Å²) in [6.45, 7) is 0. The van der Waals surface area contributed by atoms with E-state index in [4.69, 9.17) is 12.2 Å². The third-order valence-corrected chi connectivity index (χ3v) is 4.90. The second kappa shape index (κ2) is 5.84. The molecule has 1 heterocycles. The summed E-state index contributed by atoms with van der Waals surface area (Å²) in [5.74, 6) is -1.21. The number of benzene rings is 1.